The van der Waals surface area contributed by atoms with E-state index in [0.29, 0.717) is 34.4 Å². The Hall–Kier alpha value is -3.72. The molecule has 1 aliphatic rings. The van der Waals surface area contributed by atoms with Gasteiger partial charge in [0.2, 0.25) is 0 Å². The average molecular weight is 463 g/mol. The third-order valence-electron chi connectivity index (χ3n) is 6.24. The topological polar surface area (TPSA) is 75.9 Å². The summed E-state index contributed by atoms with van der Waals surface area (Å²) in [4.78, 5) is 19.9. The van der Waals surface area contributed by atoms with Crippen LogP contribution in [-0.2, 0) is 7.05 Å². The van der Waals surface area contributed by atoms with Crippen molar-refractivity contribution in [3.63, 3.8) is 0 Å². The second-order valence-corrected chi connectivity index (χ2v) is 8.57. The summed E-state index contributed by atoms with van der Waals surface area (Å²) in [5, 5.41) is 12.1. The van der Waals surface area contributed by atoms with Crippen LogP contribution in [-0.4, -0.2) is 45.0 Å². The van der Waals surface area contributed by atoms with Gasteiger partial charge in [0, 0.05) is 36.1 Å². The largest absolute Gasteiger partial charge is 0.315 e. The minimum Gasteiger partial charge on any atom is -0.315 e. The Bertz CT molecular complexity index is 1380. The minimum atomic E-state index is -0.662. The molecule has 3 heterocycles. The minimum absolute atomic E-state index is 0.0777. The SMILES string of the molecule is Cc1ccc(F)c2ccnc(N(C(=O)c3ccc(-c4cn(C)nn4)cc3F)[C@@H]3CCCNC3)c12. The van der Waals surface area contributed by atoms with Crippen LogP contribution in [0.15, 0.2) is 48.8 Å². The molecule has 0 saturated carbocycles. The first-order chi connectivity index (χ1) is 16.4. The number of aryl methyl sites for hydroxylation is 2. The standard InChI is InChI=1S/C25H24F2N6O/c1-15-5-8-20(26)18-9-11-29-24(23(15)18)33(17-4-3-10-28-13-17)25(34)19-7-6-16(12-21(19)27)22-14-32(2)31-30-22/h5-9,11-12,14,17,28H,3-4,10,13H2,1-2H3/t17-/m1/s1. The van der Waals surface area contributed by atoms with Crippen molar-refractivity contribution >= 4 is 22.5 Å². The third-order valence-corrected chi connectivity index (χ3v) is 6.24. The van der Waals surface area contributed by atoms with Crippen molar-refractivity contribution in [3.05, 3.63) is 71.6 Å². The van der Waals surface area contributed by atoms with Crippen molar-refractivity contribution in [2.45, 2.75) is 25.8 Å². The number of carbonyl (C=O) groups is 1. The molecular weight excluding hydrogens is 438 g/mol. The van der Waals surface area contributed by atoms with E-state index in [-0.39, 0.29) is 11.6 Å². The number of aromatic nitrogens is 4. The predicted octanol–water partition coefficient (Wildman–Crippen LogP) is 4.02. The number of piperidine rings is 1. The molecule has 2 aromatic carbocycles. The number of hydrogen-bond donors (Lipinski definition) is 1. The second-order valence-electron chi connectivity index (χ2n) is 8.57. The molecule has 9 heteroatoms. The van der Waals surface area contributed by atoms with E-state index in [4.69, 9.17) is 0 Å². The summed E-state index contributed by atoms with van der Waals surface area (Å²) in [6.07, 6.45) is 4.75. The molecule has 174 valence electrons. The Kier molecular flexibility index (Phi) is 5.79. The number of hydrogen-bond acceptors (Lipinski definition) is 5. The molecule has 5 rings (SSSR count). The molecule has 4 aromatic rings. The van der Waals surface area contributed by atoms with E-state index in [1.54, 1.807) is 31.4 Å². The molecule has 1 N–H and O–H groups in total. The van der Waals surface area contributed by atoms with Gasteiger partial charge in [-0.15, -0.1) is 5.10 Å². The first kappa shape index (κ1) is 22.1. The maximum Gasteiger partial charge on any atom is 0.262 e. The maximum atomic E-state index is 15.3. The lowest BCUT2D eigenvalue weighted by atomic mass is 10.0. The van der Waals surface area contributed by atoms with Crippen LogP contribution in [0.3, 0.4) is 0 Å². The number of amides is 1. The summed E-state index contributed by atoms with van der Waals surface area (Å²) in [5.74, 6) is -1.23. The molecule has 7 nitrogen and oxygen atoms in total. The van der Waals surface area contributed by atoms with Crippen LogP contribution in [0.4, 0.5) is 14.6 Å². The van der Waals surface area contributed by atoms with Crippen LogP contribution in [0.5, 0.6) is 0 Å². The first-order valence-electron chi connectivity index (χ1n) is 11.2. The fourth-order valence-corrected chi connectivity index (χ4v) is 4.54. The van der Waals surface area contributed by atoms with Crippen LogP contribution in [0.25, 0.3) is 22.0 Å². The Morgan fingerprint density at radius 2 is 2.03 bits per heavy atom. The van der Waals surface area contributed by atoms with E-state index in [2.05, 4.69) is 20.6 Å². The lowest BCUT2D eigenvalue weighted by Crippen LogP contribution is -2.49. The number of rotatable bonds is 4. The van der Waals surface area contributed by atoms with Crippen LogP contribution in [0.2, 0.25) is 0 Å². The van der Waals surface area contributed by atoms with Crippen molar-refractivity contribution < 1.29 is 13.6 Å². The maximum absolute atomic E-state index is 15.3. The highest BCUT2D eigenvalue weighted by molar-refractivity contribution is 6.11. The Morgan fingerprint density at radius 1 is 1.18 bits per heavy atom. The fraction of sp³-hybridized carbons (Fsp3) is 0.280. The van der Waals surface area contributed by atoms with Gasteiger partial charge in [0.05, 0.1) is 17.8 Å². The summed E-state index contributed by atoms with van der Waals surface area (Å²) in [6.45, 7) is 3.23. The molecule has 34 heavy (non-hydrogen) atoms. The molecule has 2 aromatic heterocycles. The summed E-state index contributed by atoms with van der Waals surface area (Å²) >= 11 is 0. The van der Waals surface area contributed by atoms with Gasteiger partial charge in [-0.05, 0) is 56.1 Å². The average Bonchev–Trinajstić information content (AvgIpc) is 3.28. The Balaban J connectivity index is 1.62. The lowest BCUT2D eigenvalue weighted by molar-refractivity contribution is 0.0968. The van der Waals surface area contributed by atoms with Crippen LogP contribution in [0, 0.1) is 18.6 Å². The molecule has 1 saturated heterocycles. The third kappa shape index (κ3) is 3.92. The van der Waals surface area contributed by atoms with Crippen molar-refractivity contribution in [1.82, 2.24) is 25.3 Å². The van der Waals surface area contributed by atoms with Crippen LogP contribution >= 0.6 is 0 Å². The summed E-state index contributed by atoms with van der Waals surface area (Å²) in [5.41, 5.74) is 1.75. The number of halogens is 2. The van der Waals surface area contributed by atoms with Gasteiger partial charge in [-0.3, -0.25) is 14.4 Å². The summed E-state index contributed by atoms with van der Waals surface area (Å²) in [6, 6.07) is 8.82. The van der Waals surface area contributed by atoms with E-state index in [0.717, 1.165) is 24.9 Å². The molecule has 1 amide bonds. The van der Waals surface area contributed by atoms with Gasteiger partial charge in [-0.1, -0.05) is 17.3 Å². The number of carbonyl (C=O) groups excluding carboxylic acids is 1. The van der Waals surface area contributed by atoms with Crippen LogP contribution < -0.4 is 10.2 Å². The van der Waals surface area contributed by atoms with E-state index >= 15 is 4.39 Å². The number of nitrogens with zero attached hydrogens (tertiary/aromatic N) is 5. The van der Waals surface area contributed by atoms with Crippen molar-refractivity contribution in [1.29, 1.82) is 0 Å². The molecule has 0 bridgehead atoms. The van der Waals surface area contributed by atoms with Gasteiger partial charge in [0.25, 0.3) is 5.91 Å². The monoisotopic (exact) mass is 462 g/mol. The van der Waals surface area contributed by atoms with E-state index in [9.17, 15) is 9.18 Å². The van der Waals surface area contributed by atoms with Gasteiger partial charge in [-0.2, -0.15) is 0 Å². The molecular formula is C25H24F2N6O. The van der Waals surface area contributed by atoms with Gasteiger partial charge in [-0.25, -0.2) is 13.8 Å². The van der Waals surface area contributed by atoms with Gasteiger partial charge >= 0.3 is 0 Å². The highest BCUT2D eigenvalue weighted by Gasteiger charge is 2.32. The number of anilines is 1. The molecule has 0 unspecified atom stereocenters. The first-order valence-corrected chi connectivity index (χ1v) is 11.2. The Morgan fingerprint density at radius 3 is 2.74 bits per heavy atom. The quantitative estimate of drug-likeness (QED) is 0.496. The second kappa shape index (κ2) is 8.90. The molecule has 1 atom stereocenters. The number of pyridine rings is 1. The van der Waals surface area contributed by atoms with E-state index in [1.165, 1.54) is 34.0 Å². The van der Waals surface area contributed by atoms with Gasteiger partial charge < -0.3 is 5.32 Å². The zero-order valence-corrected chi connectivity index (χ0v) is 18.9. The molecule has 0 spiro atoms. The summed E-state index contributed by atoms with van der Waals surface area (Å²) in [7, 11) is 1.73. The summed E-state index contributed by atoms with van der Waals surface area (Å²) < 4.78 is 31.5. The molecule has 1 fully saturated rings. The highest BCUT2D eigenvalue weighted by atomic mass is 19.1. The Labute approximate surface area is 195 Å². The zero-order chi connectivity index (χ0) is 23.8. The van der Waals surface area contributed by atoms with Crippen molar-refractivity contribution in [2.75, 3.05) is 18.0 Å². The van der Waals surface area contributed by atoms with Crippen LogP contribution in [0.1, 0.15) is 28.8 Å². The molecule has 0 radical (unpaired) electrons. The number of benzene rings is 2. The fourth-order valence-electron chi connectivity index (χ4n) is 4.54. The van der Waals surface area contributed by atoms with Gasteiger partial charge in [0.1, 0.15) is 23.1 Å². The van der Waals surface area contributed by atoms with E-state index < -0.39 is 17.5 Å². The smallest absolute Gasteiger partial charge is 0.262 e. The molecule has 0 aliphatic carbocycles. The van der Waals surface area contributed by atoms with E-state index in [1.807, 2.05) is 6.92 Å². The van der Waals surface area contributed by atoms with Crippen molar-refractivity contribution in [2.24, 2.45) is 7.05 Å². The number of fused-ring (bicyclic) bond motifs is 1. The van der Waals surface area contributed by atoms with Crippen molar-refractivity contribution in [3.8, 4) is 11.3 Å². The predicted molar refractivity (Wildman–Crippen MR) is 126 cm³/mol. The number of nitrogens with one attached hydrogen (secondary N) is 1. The lowest BCUT2D eigenvalue weighted by Gasteiger charge is -2.35. The van der Waals surface area contributed by atoms with Gasteiger partial charge in [0.15, 0.2) is 0 Å². The normalized spacial score (nSPS) is 16.1. The zero-order valence-electron chi connectivity index (χ0n) is 18.9. The molecule has 1 aliphatic heterocycles. The highest BCUT2D eigenvalue weighted by Crippen LogP contribution is 2.33.